The molecule has 1 fully saturated rings. The van der Waals surface area contributed by atoms with E-state index in [0.29, 0.717) is 29.0 Å². The van der Waals surface area contributed by atoms with Gasteiger partial charge < -0.3 is 15.0 Å². The molecule has 4 nitrogen and oxygen atoms in total. The van der Waals surface area contributed by atoms with Gasteiger partial charge in [-0.25, -0.2) is 4.39 Å². The van der Waals surface area contributed by atoms with E-state index < -0.39 is 0 Å². The first kappa shape index (κ1) is 11.2. The largest absolute Gasteiger partial charge is 0.377 e. The lowest BCUT2D eigenvalue weighted by Crippen LogP contribution is -2.54. The lowest BCUT2D eigenvalue weighted by atomic mass is 10.1. The fourth-order valence-electron chi connectivity index (χ4n) is 2.20. The molecule has 0 aliphatic carbocycles. The van der Waals surface area contributed by atoms with Gasteiger partial charge in [0.2, 0.25) is 5.91 Å². The van der Waals surface area contributed by atoms with E-state index in [0.717, 1.165) is 5.69 Å². The van der Waals surface area contributed by atoms with Crippen molar-refractivity contribution in [3.63, 3.8) is 0 Å². The Morgan fingerprint density at radius 2 is 2.35 bits per heavy atom. The van der Waals surface area contributed by atoms with Gasteiger partial charge >= 0.3 is 0 Å². The SMILES string of the molecule is O=C1Nc2cc(I)c(F)cc2N2CCOCC12. The number of halogens is 2. The third-order valence-corrected chi connectivity index (χ3v) is 3.86. The van der Waals surface area contributed by atoms with Gasteiger partial charge in [-0.15, -0.1) is 0 Å². The van der Waals surface area contributed by atoms with Gasteiger partial charge in [-0.05, 0) is 28.7 Å². The molecule has 90 valence electrons. The van der Waals surface area contributed by atoms with Crippen molar-refractivity contribution < 1.29 is 13.9 Å². The zero-order valence-electron chi connectivity index (χ0n) is 8.87. The van der Waals surface area contributed by atoms with Crippen molar-refractivity contribution in [3.05, 3.63) is 21.5 Å². The number of anilines is 2. The maximum atomic E-state index is 13.6. The predicted molar refractivity (Wildman–Crippen MR) is 69.7 cm³/mol. The Hall–Kier alpha value is -0.890. The monoisotopic (exact) mass is 348 g/mol. The Labute approximate surface area is 111 Å². The highest BCUT2D eigenvalue weighted by atomic mass is 127. The van der Waals surface area contributed by atoms with Crippen LogP contribution in [0.2, 0.25) is 0 Å². The molecule has 6 heteroatoms. The van der Waals surface area contributed by atoms with Crippen LogP contribution in [0.4, 0.5) is 15.8 Å². The van der Waals surface area contributed by atoms with Gasteiger partial charge in [0.1, 0.15) is 11.9 Å². The third-order valence-electron chi connectivity index (χ3n) is 3.04. The van der Waals surface area contributed by atoms with Crippen LogP contribution in [-0.4, -0.2) is 31.7 Å². The van der Waals surface area contributed by atoms with Crippen molar-refractivity contribution in [1.82, 2.24) is 0 Å². The van der Waals surface area contributed by atoms with Gasteiger partial charge in [0.25, 0.3) is 0 Å². The molecule has 2 heterocycles. The molecule has 0 radical (unpaired) electrons. The second kappa shape index (κ2) is 4.09. The van der Waals surface area contributed by atoms with E-state index in [1.165, 1.54) is 6.07 Å². The van der Waals surface area contributed by atoms with Crippen LogP contribution in [0.15, 0.2) is 12.1 Å². The highest BCUT2D eigenvalue weighted by molar-refractivity contribution is 14.1. The first-order valence-electron chi connectivity index (χ1n) is 5.31. The smallest absolute Gasteiger partial charge is 0.249 e. The average Bonchev–Trinajstić information content (AvgIpc) is 2.32. The lowest BCUT2D eigenvalue weighted by Gasteiger charge is -2.40. The number of benzene rings is 1. The molecule has 1 unspecified atom stereocenters. The lowest BCUT2D eigenvalue weighted by molar-refractivity contribution is -0.119. The summed E-state index contributed by atoms with van der Waals surface area (Å²) in [6.45, 7) is 1.54. The van der Waals surface area contributed by atoms with Gasteiger partial charge in [-0.3, -0.25) is 4.79 Å². The van der Waals surface area contributed by atoms with E-state index in [1.807, 2.05) is 27.5 Å². The summed E-state index contributed by atoms with van der Waals surface area (Å²) in [6.07, 6.45) is 0. The minimum atomic E-state index is -0.337. The topological polar surface area (TPSA) is 41.6 Å². The standard InChI is InChI=1S/C11H10FIN2O2/c12-6-3-9-8(4-7(6)13)14-11(16)10-5-17-2-1-15(9)10/h3-4,10H,1-2,5H2,(H,14,16). The molecule has 0 aromatic heterocycles. The number of morpholine rings is 1. The highest BCUT2D eigenvalue weighted by Crippen LogP contribution is 2.35. The van der Waals surface area contributed by atoms with Gasteiger partial charge in [0.15, 0.2) is 0 Å². The minimum Gasteiger partial charge on any atom is -0.377 e. The summed E-state index contributed by atoms with van der Waals surface area (Å²) in [5, 5.41) is 2.80. The summed E-state index contributed by atoms with van der Waals surface area (Å²) < 4.78 is 19.4. The van der Waals surface area contributed by atoms with Crippen molar-refractivity contribution in [2.24, 2.45) is 0 Å². The molecule has 1 aromatic carbocycles. The fourth-order valence-corrected chi connectivity index (χ4v) is 2.67. The number of rotatable bonds is 0. The van der Waals surface area contributed by atoms with Crippen LogP contribution in [0.25, 0.3) is 0 Å². The number of nitrogens with one attached hydrogen (secondary N) is 1. The number of nitrogens with zero attached hydrogens (tertiary/aromatic N) is 1. The first-order valence-corrected chi connectivity index (χ1v) is 6.39. The normalized spacial score (nSPS) is 22.8. The number of hydrogen-bond acceptors (Lipinski definition) is 3. The predicted octanol–water partition coefficient (Wildman–Crippen LogP) is 1.59. The zero-order chi connectivity index (χ0) is 12.0. The molecular weight excluding hydrogens is 338 g/mol. The number of amides is 1. The Morgan fingerprint density at radius 1 is 1.53 bits per heavy atom. The molecule has 1 saturated heterocycles. The summed E-state index contributed by atoms with van der Waals surface area (Å²) in [7, 11) is 0. The Balaban J connectivity index is 2.10. The Bertz CT molecular complexity index is 495. The van der Waals surface area contributed by atoms with Crippen LogP contribution in [-0.2, 0) is 9.53 Å². The summed E-state index contributed by atoms with van der Waals surface area (Å²) in [5.41, 5.74) is 1.43. The third kappa shape index (κ3) is 1.79. The van der Waals surface area contributed by atoms with E-state index >= 15 is 0 Å². The molecule has 0 bridgehead atoms. The first-order chi connectivity index (χ1) is 8.16. The van der Waals surface area contributed by atoms with Gasteiger partial charge in [-0.2, -0.15) is 0 Å². The quantitative estimate of drug-likeness (QED) is 0.724. The molecule has 1 aromatic rings. The second-order valence-corrected chi connectivity index (χ2v) is 5.22. The van der Waals surface area contributed by atoms with Crippen molar-refractivity contribution in [2.75, 3.05) is 30.0 Å². The molecule has 3 rings (SSSR count). The van der Waals surface area contributed by atoms with E-state index in [9.17, 15) is 9.18 Å². The molecule has 17 heavy (non-hydrogen) atoms. The van der Waals surface area contributed by atoms with Crippen LogP contribution >= 0.6 is 22.6 Å². The van der Waals surface area contributed by atoms with Gasteiger partial charge in [0, 0.05) is 12.6 Å². The number of ether oxygens (including phenoxy) is 1. The molecule has 1 amide bonds. The summed E-state index contributed by atoms with van der Waals surface area (Å²) >= 11 is 1.92. The maximum absolute atomic E-state index is 13.6. The molecule has 0 spiro atoms. The minimum absolute atomic E-state index is 0.0837. The number of carbonyl (C=O) groups excluding carboxylic acids is 1. The number of carbonyl (C=O) groups is 1. The van der Waals surface area contributed by atoms with Crippen LogP contribution in [0, 0.1) is 9.39 Å². The molecule has 1 atom stereocenters. The zero-order valence-corrected chi connectivity index (χ0v) is 11.0. The van der Waals surface area contributed by atoms with Crippen molar-refractivity contribution in [1.29, 1.82) is 0 Å². The summed E-state index contributed by atoms with van der Waals surface area (Å²) in [5.74, 6) is -0.342. The molecule has 1 N–H and O–H groups in total. The number of fused-ring (bicyclic) bond motifs is 3. The summed E-state index contributed by atoms with van der Waals surface area (Å²) in [4.78, 5) is 13.8. The second-order valence-electron chi connectivity index (χ2n) is 4.06. The van der Waals surface area contributed by atoms with Crippen LogP contribution in [0.5, 0.6) is 0 Å². The van der Waals surface area contributed by atoms with E-state index in [-0.39, 0.29) is 17.8 Å². The van der Waals surface area contributed by atoms with E-state index in [2.05, 4.69) is 5.32 Å². The average molecular weight is 348 g/mol. The van der Waals surface area contributed by atoms with Crippen molar-refractivity contribution >= 4 is 39.9 Å². The van der Waals surface area contributed by atoms with Crippen molar-refractivity contribution in [3.8, 4) is 0 Å². The van der Waals surface area contributed by atoms with Crippen LogP contribution in [0.1, 0.15) is 0 Å². The van der Waals surface area contributed by atoms with Gasteiger partial charge in [0.05, 0.1) is 28.2 Å². The summed E-state index contributed by atoms with van der Waals surface area (Å²) in [6, 6.07) is 2.81. The Morgan fingerprint density at radius 3 is 3.18 bits per heavy atom. The maximum Gasteiger partial charge on any atom is 0.249 e. The molecule has 2 aliphatic heterocycles. The van der Waals surface area contributed by atoms with Crippen molar-refractivity contribution in [2.45, 2.75) is 6.04 Å². The van der Waals surface area contributed by atoms with Gasteiger partial charge in [-0.1, -0.05) is 0 Å². The highest BCUT2D eigenvalue weighted by Gasteiger charge is 2.35. The Kier molecular flexibility index (Phi) is 2.70. The van der Waals surface area contributed by atoms with E-state index in [1.54, 1.807) is 6.07 Å². The number of hydrogen-bond donors (Lipinski definition) is 1. The molecule has 2 aliphatic rings. The van der Waals surface area contributed by atoms with Crippen LogP contribution in [0.3, 0.4) is 0 Å². The van der Waals surface area contributed by atoms with Crippen LogP contribution < -0.4 is 10.2 Å². The fraction of sp³-hybridized carbons (Fsp3) is 0.364. The van der Waals surface area contributed by atoms with E-state index in [4.69, 9.17) is 4.74 Å². The molecule has 0 saturated carbocycles. The molecular formula is C11H10FIN2O2.